The molecule has 0 amide bonds. The third kappa shape index (κ3) is 2.00. The lowest BCUT2D eigenvalue weighted by atomic mass is 10.1. The average molecular weight is 295 g/mol. The molecule has 4 heteroatoms. The van der Waals surface area contributed by atoms with E-state index in [0.717, 1.165) is 34.4 Å². The van der Waals surface area contributed by atoms with Gasteiger partial charge in [-0.2, -0.15) is 0 Å². The largest absolute Gasteiger partial charge is 0.378 e. The Hall–Kier alpha value is -0.870. The third-order valence-electron chi connectivity index (χ3n) is 3.35. The van der Waals surface area contributed by atoms with Gasteiger partial charge in [-0.1, -0.05) is 15.9 Å². The van der Waals surface area contributed by atoms with Gasteiger partial charge < -0.3 is 9.72 Å². The van der Waals surface area contributed by atoms with E-state index in [1.807, 2.05) is 0 Å². The summed E-state index contributed by atoms with van der Waals surface area (Å²) in [7, 11) is 0. The highest BCUT2D eigenvalue weighted by Gasteiger charge is 2.26. The van der Waals surface area contributed by atoms with Crippen molar-refractivity contribution in [2.75, 3.05) is 6.61 Å². The normalized spacial score (nSPS) is 24.6. The standard InChI is InChI=1S/C13H15BrN2O/c1-7-3-10(14)5-11-12(7)16-13(15-11)9-4-8(2)17-6-9/h3,5,8-9H,4,6H2,1-2H3,(H,15,16). The zero-order valence-corrected chi connectivity index (χ0v) is 11.5. The Morgan fingerprint density at radius 2 is 2.29 bits per heavy atom. The van der Waals surface area contributed by atoms with Gasteiger partial charge in [0.15, 0.2) is 0 Å². The number of imidazole rings is 1. The van der Waals surface area contributed by atoms with Crippen LogP contribution in [0.15, 0.2) is 16.6 Å². The quantitative estimate of drug-likeness (QED) is 0.874. The maximum Gasteiger partial charge on any atom is 0.112 e. The van der Waals surface area contributed by atoms with Crippen LogP contribution in [0.3, 0.4) is 0 Å². The summed E-state index contributed by atoms with van der Waals surface area (Å²) in [5.41, 5.74) is 3.37. The number of rotatable bonds is 1. The van der Waals surface area contributed by atoms with Crippen molar-refractivity contribution in [3.8, 4) is 0 Å². The van der Waals surface area contributed by atoms with E-state index in [-0.39, 0.29) is 0 Å². The highest BCUT2D eigenvalue weighted by molar-refractivity contribution is 9.10. The first-order chi connectivity index (χ1) is 8.13. The van der Waals surface area contributed by atoms with E-state index >= 15 is 0 Å². The number of nitrogens with one attached hydrogen (secondary N) is 1. The maximum absolute atomic E-state index is 5.60. The summed E-state index contributed by atoms with van der Waals surface area (Å²) in [6, 6.07) is 4.18. The summed E-state index contributed by atoms with van der Waals surface area (Å²) in [5.74, 6) is 1.47. The van der Waals surface area contributed by atoms with Crippen molar-refractivity contribution in [2.45, 2.75) is 32.3 Å². The number of aromatic amines is 1. The minimum atomic E-state index is 0.348. The van der Waals surface area contributed by atoms with Crippen LogP contribution >= 0.6 is 15.9 Å². The number of aromatic nitrogens is 2. The zero-order valence-electron chi connectivity index (χ0n) is 9.96. The fraction of sp³-hybridized carbons (Fsp3) is 0.462. The molecular weight excluding hydrogens is 280 g/mol. The molecule has 1 N–H and O–H groups in total. The van der Waals surface area contributed by atoms with Gasteiger partial charge in [-0.05, 0) is 38.0 Å². The second-order valence-corrected chi connectivity index (χ2v) is 5.73. The van der Waals surface area contributed by atoms with Crippen LogP contribution in [0, 0.1) is 6.92 Å². The molecule has 2 heterocycles. The van der Waals surface area contributed by atoms with Gasteiger partial charge >= 0.3 is 0 Å². The summed E-state index contributed by atoms with van der Waals surface area (Å²) >= 11 is 3.51. The van der Waals surface area contributed by atoms with Crippen molar-refractivity contribution in [3.05, 3.63) is 28.0 Å². The lowest BCUT2D eigenvalue weighted by Crippen LogP contribution is -2.00. The van der Waals surface area contributed by atoms with E-state index in [9.17, 15) is 0 Å². The second-order valence-electron chi connectivity index (χ2n) is 4.82. The molecule has 17 heavy (non-hydrogen) atoms. The molecular formula is C13H15BrN2O. The van der Waals surface area contributed by atoms with Crippen LogP contribution in [0.5, 0.6) is 0 Å². The molecule has 1 saturated heterocycles. The highest BCUT2D eigenvalue weighted by atomic mass is 79.9. The minimum Gasteiger partial charge on any atom is -0.378 e. The van der Waals surface area contributed by atoms with E-state index in [2.05, 4.69) is 46.9 Å². The van der Waals surface area contributed by atoms with Crippen LogP contribution in [-0.4, -0.2) is 22.7 Å². The van der Waals surface area contributed by atoms with Crippen molar-refractivity contribution in [1.29, 1.82) is 0 Å². The molecule has 1 aliphatic heterocycles. The summed E-state index contributed by atoms with van der Waals surface area (Å²) < 4.78 is 6.69. The summed E-state index contributed by atoms with van der Waals surface area (Å²) in [5, 5.41) is 0. The van der Waals surface area contributed by atoms with Crippen molar-refractivity contribution in [3.63, 3.8) is 0 Å². The molecule has 1 aromatic carbocycles. The van der Waals surface area contributed by atoms with Crippen LogP contribution < -0.4 is 0 Å². The Balaban J connectivity index is 2.04. The van der Waals surface area contributed by atoms with E-state index in [1.54, 1.807) is 0 Å². The second kappa shape index (κ2) is 4.10. The molecule has 3 nitrogen and oxygen atoms in total. The van der Waals surface area contributed by atoms with E-state index < -0.39 is 0 Å². The number of aryl methyl sites for hydroxylation is 1. The van der Waals surface area contributed by atoms with Gasteiger partial charge in [-0.3, -0.25) is 0 Å². The summed E-state index contributed by atoms with van der Waals surface area (Å²) in [6.07, 6.45) is 1.40. The SMILES string of the molecule is Cc1cc(Br)cc2[nH]c(C3COC(C)C3)nc12. The lowest BCUT2D eigenvalue weighted by molar-refractivity contribution is 0.123. The predicted molar refractivity (Wildman–Crippen MR) is 71.3 cm³/mol. The highest BCUT2D eigenvalue weighted by Crippen LogP contribution is 2.30. The molecule has 1 fully saturated rings. The molecule has 1 aliphatic rings. The number of H-pyrrole nitrogens is 1. The van der Waals surface area contributed by atoms with Gasteiger partial charge in [0.1, 0.15) is 5.82 Å². The average Bonchev–Trinajstić information content (AvgIpc) is 2.83. The molecule has 0 spiro atoms. The molecule has 1 aromatic heterocycles. The molecule has 3 rings (SSSR count). The van der Waals surface area contributed by atoms with Gasteiger partial charge in [0.05, 0.1) is 23.7 Å². The first-order valence-electron chi connectivity index (χ1n) is 5.91. The molecule has 90 valence electrons. The van der Waals surface area contributed by atoms with Gasteiger partial charge in [0.2, 0.25) is 0 Å². The van der Waals surface area contributed by atoms with Gasteiger partial charge in [0.25, 0.3) is 0 Å². The molecule has 0 saturated carbocycles. The Labute approximate surface area is 109 Å². The molecule has 2 aromatic rings. The summed E-state index contributed by atoms with van der Waals surface area (Å²) in [6.45, 7) is 4.98. The maximum atomic E-state index is 5.60. The Kier molecular flexibility index (Phi) is 2.71. The number of fused-ring (bicyclic) bond motifs is 1. The van der Waals surface area contributed by atoms with Crippen LogP contribution in [0.1, 0.15) is 30.7 Å². The predicted octanol–water partition coefficient (Wildman–Crippen LogP) is 3.53. The molecule has 0 bridgehead atoms. The zero-order chi connectivity index (χ0) is 12.0. The smallest absolute Gasteiger partial charge is 0.112 e. The Morgan fingerprint density at radius 1 is 1.47 bits per heavy atom. The van der Waals surface area contributed by atoms with Gasteiger partial charge in [-0.25, -0.2) is 4.98 Å². The fourth-order valence-corrected chi connectivity index (χ4v) is 3.04. The first-order valence-corrected chi connectivity index (χ1v) is 6.70. The Morgan fingerprint density at radius 3 is 3.00 bits per heavy atom. The van der Waals surface area contributed by atoms with Crippen LogP contribution in [-0.2, 0) is 4.74 Å². The van der Waals surface area contributed by atoms with Crippen molar-refractivity contribution in [1.82, 2.24) is 9.97 Å². The van der Waals surface area contributed by atoms with E-state index in [0.29, 0.717) is 12.0 Å². The van der Waals surface area contributed by atoms with Crippen LogP contribution in [0.4, 0.5) is 0 Å². The number of hydrogen-bond acceptors (Lipinski definition) is 2. The number of ether oxygens (including phenoxy) is 1. The van der Waals surface area contributed by atoms with E-state index in [4.69, 9.17) is 9.72 Å². The molecule has 0 aliphatic carbocycles. The topological polar surface area (TPSA) is 37.9 Å². The van der Waals surface area contributed by atoms with Crippen molar-refractivity contribution < 1.29 is 4.74 Å². The van der Waals surface area contributed by atoms with Gasteiger partial charge in [-0.15, -0.1) is 0 Å². The molecule has 0 radical (unpaired) electrons. The van der Waals surface area contributed by atoms with Crippen LogP contribution in [0.25, 0.3) is 11.0 Å². The number of benzene rings is 1. The van der Waals surface area contributed by atoms with Crippen molar-refractivity contribution in [2.24, 2.45) is 0 Å². The lowest BCUT2D eigenvalue weighted by Gasteiger charge is -2.01. The van der Waals surface area contributed by atoms with Crippen LogP contribution in [0.2, 0.25) is 0 Å². The fourth-order valence-electron chi connectivity index (χ4n) is 2.47. The van der Waals surface area contributed by atoms with Crippen molar-refractivity contribution >= 4 is 27.0 Å². The number of halogens is 1. The third-order valence-corrected chi connectivity index (χ3v) is 3.80. The monoisotopic (exact) mass is 294 g/mol. The van der Waals surface area contributed by atoms with Gasteiger partial charge in [0, 0.05) is 10.4 Å². The first kappa shape index (κ1) is 11.2. The minimum absolute atomic E-state index is 0.348. The molecule has 2 unspecified atom stereocenters. The number of nitrogens with zero attached hydrogens (tertiary/aromatic N) is 1. The molecule has 2 atom stereocenters. The Bertz CT molecular complexity index is 564. The number of hydrogen-bond donors (Lipinski definition) is 1. The van der Waals surface area contributed by atoms with E-state index in [1.165, 1.54) is 5.56 Å². The summed E-state index contributed by atoms with van der Waals surface area (Å²) in [4.78, 5) is 8.13.